The van der Waals surface area contributed by atoms with Crippen LogP contribution in [-0.4, -0.2) is 31.2 Å². The maximum absolute atomic E-state index is 11.9. The average molecular weight is 276 g/mol. The molecule has 2 rings (SSSR count). The van der Waals surface area contributed by atoms with Crippen molar-refractivity contribution in [2.75, 3.05) is 6.61 Å². The molecule has 6 nitrogen and oxygen atoms in total. The molecule has 0 aliphatic heterocycles. The lowest BCUT2D eigenvalue weighted by Gasteiger charge is -2.04. The van der Waals surface area contributed by atoms with Gasteiger partial charge in [0.15, 0.2) is 11.3 Å². The van der Waals surface area contributed by atoms with Gasteiger partial charge >= 0.3 is 5.69 Å². The Labute approximate surface area is 117 Å². The molecule has 2 N–H and O–H groups in total. The van der Waals surface area contributed by atoms with Crippen molar-refractivity contribution in [2.24, 2.45) is 5.92 Å². The standard InChI is InChI=1S/C14H20N4O2/c1-10(2)9-18-13-12(17-14(18)20)16-11(8-15-13)6-4-3-5-7-19/h4,6,8,10,19H,3,5,7,9H2,1-2H3,(H,16,17,20)/b6-4+. The number of nitrogens with one attached hydrogen (secondary N) is 1. The van der Waals surface area contributed by atoms with E-state index in [0.717, 1.165) is 12.8 Å². The summed E-state index contributed by atoms with van der Waals surface area (Å²) < 4.78 is 1.62. The largest absolute Gasteiger partial charge is 0.396 e. The van der Waals surface area contributed by atoms with Gasteiger partial charge in [-0.1, -0.05) is 19.9 Å². The summed E-state index contributed by atoms with van der Waals surface area (Å²) in [5.74, 6) is 0.367. The lowest BCUT2D eigenvalue weighted by Crippen LogP contribution is -2.19. The maximum atomic E-state index is 11.9. The van der Waals surface area contributed by atoms with Gasteiger partial charge in [0.1, 0.15) is 0 Å². The Morgan fingerprint density at radius 3 is 3.00 bits per heavy atom. The van der Waals surface area contributed by atoms with Gasteiger partial charge in [0, 0.05) is 13.2 Å². The van der Waals surface area contributed by atoms with Gasteiger partial charge in [-0.2, -0.15) is 0 Å². The molecule has 0 saturated heterocycles. The van der Waals surface area contributed by atoms with Gasteiger partial charge in [0.05, 0.1) is 11.9 Å². The van der Waals surface area contributed by atoms with E-state index in [2.05, 4.69) is 28.8 Å². The molecule has 0 aromatic carbocycles. The van der Waals surface area contributed by atoms with Crippen LogP contribution in [0.15, 0.2) is 17.1 Å². The van der Waals surface area contributed by atoms with E-state index < -0.39 is 0 Å². The highest BCUT2D eigenvalue weighted by Gasteiger charge is 2.10. The maximum Gasteiger partial charge on any atom is 0.328 e. The molecule has 2 heterocycles. The third-order valence-electron chi connectivity index (χ3n) is 2.86. The minimum Gasteiger partial charge on any atom is -0.396 e. The van der Waals surface area contributed by atoms with Gasteiger partial charge in [0.25, 0.3) is 0 Å². The minimum atomic E-state index is -0.171. The lowest BCUT2D eigenvalue weighted by molar-refractivity contribution is 0.290. The highest BCUT2D eigenvalue weighted by molar-refractivity contribution is 5.67. The molecule has 0 saturated carbocycles. The molecular formula is C14H20N4O2. The molecule has 0 unspecified atom stereocenters. The van der Waals surface area contributed by atoms with Gasteiger partial charge in [-0.3, -0.25) is 9.55 Å². The number of aliphatic hydroxyl groups excluding tert-OH is 1. The van der Waals surface area contributed by atoms with Crippen LogP contribution in [0.5, 0.6) is 0 Å². The Kier molecular flexibility index (Phi) is 4.68. The van der Waals surface area contributed by atoms with E-state index in [1.165, 1.54) is 0 Å². The third kappa shape index (κ3) is 3.33. The van der Waals surface area contributed by atoms with Crippen LogP contribution >= 0.6 is 0 Å². The molecule has 20 heavy (non-hydrogen) atoms. The zero-order chi connectivity index (χ0) is 14.5. The van der Waals surface area contributed by atoms with Crippen molar-refractivity contribution < 1.29 is 5.11 Å². The van der Waals surface area contributed by atoms with Crippen molar-refractivity contribution in [3.8, 4) is 0 Å². The number of aliphatic hydroxyl groups is 1. The fourth-order valence-corrected chi connectivity index (χ4v) is 1.97. The first-order valence-corrected chi connectivity index (χ1v) is 6.84. The number of unbranched alkanes of at least 4 members (excludes halogenated alkanes) is 1. The van der Waals surface area contributed by atoms with Crippen molar-refractivity contribution in [3.63, 3.8) is 0 Å². The summed E-state index contributed by atoms with van der Waals surface area (Å²) in [5.41, 5.74) is 1.64. The number of nitrogens with zero attached hydrogens (tertiary/aromatic N) is 3. The molecule has 108 valence electrons. The van der Waals surface area contributed by atoms with Gasteiger partial charge < -0.3 is 5.11 Å². The SMILES string of the molecule is CC(C)Cn1c(=O)[nH]c2nc(/C=C/CCCO)cnc21. The van der Waals surface area contributed by atoms with Crippen LogP contribution < -0.4 is 5.69 Å². The van der Waals surface area contributed by atoms with Crippen molar-refractivity contribution >= 4 is 17.4 Å². The predicted molar refractivity (Wildman–Crippen MR) is 78.3 cm³/mol. The number of H-pyrrole nitrogens is 1. The van der Waals surface area contributed by atoms with Crippen LogP contribution in [0.3, 0.4) is 0 Å². The van der Waals surface area contributed by atoms with Crippen LogP contribution in [-0.2, 0) is 6.54 Å². The molecule has 0 radical (unpaired) electrons. The fraction of sp³-hybridized carbons (Fsp3) is 0.500. The molecule has 0 amide bonds. The summed E-state index contributed by atoms with van der Waals surface area (Å²) in [6, 6.07) is 0. The Hall–Kier alpha value is -1.95. The normalized spacial score (nSPS) is 12.0. The summed E-state index contributed by atoms with van der Waals surface area (Å²) in [6.45, 7) is 4.91. The topological polar surface area (TPSA) is 83.8 Å². The van der Waals surface area contributed by atoms with Crippen LogP contribution in [0.1, 0.15) is 32.4 Å². The van der Waals surface area contributed by atoms with Gasteiger partial charge in [0.2, 0.25) is 0 Å². The molecule has 0 aliphatic rings. The van der Waals surface area contributed by atoms with Crippen LogP contribution in [0.4, 0.5) is 0 Å². The number of hydrogen-bond acceptors (Lipinski definition) is 4. The summed E-state index contributed by atoms with van der Waals surface area (Å²) >= 11 is 0. The Balaban J connectivity index is 2.27. The highest BCUT2D eigenvalue weighted by Crippen LogP contribution is 2.09. The van der Waals surface area contributed by atoms with Gasteiger partial charge in [-0.15, -0.1) is 0 Å². The zero-order valence-electron chi connectivity index (χ0n) is 11.8. The van der Waals surface area contributed by atoms with Crippen molar-refractivity contribution in [1.82, 2.24) is 19.5 Å². The van der Waals surface area contributed by atoms with Crippen molar-refractivity contribution in [1.29, 1.82) is 0 Å². The van der Waals surface area contributed by atoms with E-state index in [9.17, 15) is 4.79 Å². The summed E-state index contributed by atoms with van der Waals surface area (Å²) in [6.07, 6.45) is 6.96. The first-order chi connectivity index (χ1) is 9.61. The second kappa shape index (κ2) is 6.47. The first kappa shape index (κ1) is 14.5. The molecule has 0 bridgehead atoms. The molecule has 0 atom stereocenters. The smallest absolute Gasteiger partial charge is 0.328 e. The molecule has 0 spiro atoms. The van der Waals surface area contributed by atoms with Crippen LogP contribution in [0, 0.1) is 5.92 Å². The first-order valence-electron chi connectivity index (χ1n) is 6.84. The molecule has 2 aromatic heterocycles. The van der Waals surface area contributed by atoms with E-state index in [4.69, 9.17) is 5.11 Å². The van der Waals surface area contributed by atoms with Crippen LogP contribution in [0.25, 0.3) is 17.4 Å². The summed E-state index contributed by atoms with van der Waals surface area (Å²) in [5, 5.41) is 8.71. The van der Waals surface area contributed by atoms with E-state index in [0.29, 0.717) is 29.5 Å². The lowest BCUT2D eigenvalue weighted by atomic mass is 10.2. The number of rotatable bonds is 6. The third-order valence-corrected chi connectivity index (χ3v) is 2.86. The fourth-order valence-electron chi connectivity index (χ4n) is 1.97. The molecular weight excluding hydrogens is 256 g/mol. The monoisotopic (exact) mass is 276 g/mol. The number of fused-ring (bicyclic) bond motifs is 1. The van der Waals surface area contributed by atoms with Crippen molar-refractivity contribution in [3.05, 3.63) is 28.5 Å². The number of aromatic nitrogens is 4. The van der Waals surface area contributed by atoms with Crippen molar-refractivity contribution in [2.45, 2.75) is 33.2 Å². The summed E-state index contributed by atoms with van der Waals surface area (Å²) in [4.78, 5) is 23.3. The summed E-state index contributed by atoms with van der Waals surface area (Å²) in [7, 11) is 0. The molecule has 6 heteroatoms. The highest BCUT2D eigenvalue weighted by atomic mass is 16.2. The Bertz CT molecular complexity index is 655. The van der Waals surface area contributed by atoms with E-state index >= 15 is 0 Å². The number of imidazole rings is 1. The Morgan fingerprint density at radius 2 is 2.30 bits per heavy atom. The molecule has 0 aliphatic carbocycles. The van der Waals surface area contributed by atoms with Gasteiger partial charge in [-0.05, 0) is 24.8 Å². The molecule has 2 aromatic rings. The average Bonchev–Trinajstić information content (AvgIpc) is 2.70. The second-order valence-corrected chi connectivity index (χ2v) is 5.17. The number of aromatic amines is 1. The van der Waals surface area contributed by atoms with Gasteiger partial charge in [-0.25, -0.2) is 14.8 Å². The van der Waals surface area contributed by atoms with E-state index in [1.807, 2.05) is 12.2 Å². The molecule has 0 fully saturated rings. The zero-order valence-corrected chi connectivity index (χ0v) is 11.8. The number of hydrogen-bond donors (Lipinski definition) is 2. The minimum absolute atomic E-state index is 0.171. The Morgan fingerprint density at radius 1 is 1.50 bits per heavy atom. The second-order valence-electron chi connectivity index (χ2n) is 5.17. The van der Waals surface area contributed by atoms with E-state index in [-0.39, 0.29) is 12.3 Å². The predicted octanol–water partition coefficient (Wildman–Crippen LogP) is 1.56. The van der Waals surface area contributed by atoms with E-state index in [1.54, 1.807) is 10.8 Å². The quantitative estimate of drug-likeness (QED) is 0.784. The number of allylic oxidation sites excluding steroid dienone is 1. The van der Waals surface area contributed by atoms with Crippen LogP contribution in [0.2, 0.25) is 0 Å².